The predicted molar refractivity (Wildman–Crippen MR) is 64.0 cm³/mol. The molecule has 0 unspecified atom stereocenters. The average molecular weight is 206 g/mol. The molecule has 0 aliphatic carbocycles. The lowest BCUT2D eigenvalue weighted by Gasteiger charge is -2.25. The Hall–Kier alpha value is -0.920. The van der Waals surface area contributed by atoms with Crippen molar-refractivity contribution in [3.8, 4) is 0 Å². The molecule has 1 aromatic rings. The molecule has 0 saturated heterocycles. The van der Waals surface area contributed by atoms with Crippen molar-refractivity contribution in [3.05, 3.63) is 23.5 Å². The van der Waals surface area contributed by atoms with Crippen LogP contribution >= 0.6 is 0 Å². The number of hydrogen-bond donors (Lipinski definition) is 0. The third-order valence-corrected chi connectivity index (χ3v) is 2.99. The number of hydrogen-bond acceptors (Lipinski definition) is 2. The Bertz CT molecular complexity index is 324. The van der Waals surface area contributed by atoms with Gasteiger partial charge < -0.3 is 0 Å². The summed E-state index contributed by atoms with van der Waals surface area (Å²) in [7, 11) is 0. The van der Waals surface area contributed by atoms with Crippen LogP contribution in [0, 0.1) is 5.92 Å². The first kappa shape index (κ1) is 12.2. The van der Waals surface area contributed by atoms with Gasteiger partial charge in [0.15, 0.2) is 0 Å². The van der Waals surface area contributed by atoms with Crippen LogP contribution in [0.25, 0.3) is 0 Å². The van der Waals surface area contributed by atoms with E-state index in [1.54, 1.807) is 6.20 Å². The van der Waals surface area contributed by atoms with Crippen LogP contribution in [0.3, 0.4) is 0 Å². The fourth-order valence-electron chi connectivity index (χ4n) is 1.63. The summed E-state index contributed by atoms with van der Waals surface area (Å²) in [6, 6.07) is 2.10. The maximum atomic E-state index is 4.32. The molecule has 2 nitrogen and oxygen atoms in total. The van der Waals surface area contributed by atoms with E-state index in [9.17, 15) is 0 Å². The zero-order valence-corrected chi connectivity index (χ0v) is 10.7. The summed E-state index contributed by atoms with van der Waals surface area (Å²) < 4.78 is 0. The van der Waals surface area contributed by atoms with Crippen molar-refractivity contribution < 1.29 is 0 Å². The van der Waals surface area contributed by atoms with E-state index in [0.717, 1.165) is 5.69 Å². The van der Waals surface area contributed by atoms with Crippen molar-refractivity contribution in [3.63, 3.8) is 0 Å². The highest BCUT2D eigenvalue weighted by Gasteiger charge is 2.23. The van der Waals surface area contributed by atoms with Gasteiger partial charge in [0.25, 0.3) is 0 Å². The lowest BCUT2D eigenvalue weighted by molar-refractivity contribution is 0.490. The van der Waals surface area contributed by atoms with Crippen molar-refractivity contribution >= 4 is 0 Å². The van der Waals surface area contributed by atoms with E-state index < -0.39 is 0 Å². The zero-order chi connectivity index (χ0) is 11.6. The quantitative estimate of drug-likeness (QED) is 0.739. The molecule has 15 heavy (non-hydrogen) atoms. The van der Waals surface area contributed by atoms with Crippen LogP contribution in [0.5, 0.6) is 0 Å². The van der Waals surface area contributed by atoms with Gasteiger partial charge in [-0.15, -0.1) is 0 Å². The van der Waals surface area contributed by atoms with Crippen LogP contribution in [0.4, 0.5) is 0 Å². The molecule has 1 heterocycles. The summed E-state index contributed by atoms with van der Waals surface area (Å²) in [6.07, 6.45) is 1.79. The zero-order valence-electron chi connectivity index (χ0n) is 10.7. The SMILES string of the molecule is CC(C)[C@H](C)c1nnccc1C(C)(C)C. The standard InChI is InChI=1S/C13H22N2/c1-9(2)10(3)12-11(13(4,5)6)7-8-14-15-12/h7-10H,1-6H3/t10-/m0/s1. The van der Waals surface area contributed by atoms with Gasteiger partial charge in [-0.05, 0) is 23.0 Å². The van der Waals surface area contributed by atoms with Gasteiger partial charge >= 0.3 is 0 Å². The summed E-state index contributed by atoms with van der Waals surface area (Å²) >= 11 is 0. The smallest absolute Gasteiger partial charge is 0.0698 e. The maximum absolute atomic E-state index is 4.32. The van der Waals surface area contributed by atoms with Crippen LogP contribution in [-0.2, 0) is 5.41 Å². The maximum Gasteiger partial charge on any atom is 0.0698 e. The molecule has 0 bridgehead atoms. The molecule has 0 aliphatic rings. The van der Waals surface area contributed by atoms with Crippen molar-refractivity contribution in [1.29, 1.82) is 0 Å². The van der Waals surface area contributed by atoms with Gasteiger partial charge in [0.1, 0.15) is 0 Å². The second-order valence-corrected chi connectivity index (χ2v) is 5.61. The number of aromatic nitrogens is 2. The van der Waals surface area contributed by atoms with Crippen molar-refractivity contribution in [2.75, 3.05) is 0 Å². The molecule has 0 amide bonds. The van der Waals surface area contributed by atoms with E-state index in [1.807, 2.05) is 0 Å². The Labute approximate surface area is 93.1 Å². The van der Waals surface area contributed by atoms with Crippen LogP contribution in [-0.4, -0.2) is 10.2 Å². The van der Waals surface area contributed by atoms with E-state index >= 15 is 0 Å². The number of rotatable bonds is 2. The van der Waals surface area contributed by atoms with Gasteiger partial charge in [-0.1, -0.05) is 41.5 Å². The third-order valence-electron chi connectivity index (χ3n) is 2.99. The Balaban J connectivity index is 3.18. The van der Waals surface area contributed by atoms with Gasteiger partial charge in [-0.2, -0.15) is 10.2 Å². The van der Waals surface area contributed by atoms with Gasteiger partial charge in [0, 0.05) is 12.1 Å². The first-order valence-corrected chi connectivity index (χ1v) is 5.66. The van der Waals surface area contributed by atoms with Crippen molar-refractivity contribution in [2.24, 2.45) is 5.92 Å². The van der Waals surface area contributed by atoms with Crippen LogP contribution < -0.4 is 0 Å². The minimum Gasteiger partial charge on any atom is -0.159 e. The first-order valence-electron chi connectivity index (χ1n) is 5.66. The molecule has 0 radical (unpaired) electrons. The summed E-state index contributed by atoms with van der Waals surface area (Å²) in [4.78, 5) is 0. The fraction of sp³-hybridized carbons (Fsp3) is 0.692. The lowest BCUT2D eigenvalue weighted by atomic mass is 9.81. The third kappa shape index (κ3) is 2.77. The summed E-state index contributed by atoms with van der Waals surface area (Å²) in [6.45, 7) is 13.4. The minimum absolute atomic E-state index is 0.147. The summed E-state index contributed by atoms with van der Waals surface area (Å²) in [5, 5.41) is 8.33. The molecule has 0 aromatic carbocycles. The minimum atomic E-state index is 0.147. The molecule has 0 spiro atoms. The molecule has 0 aliphatic heterocycles. The van der Waals surface area contributed by atoms with E-state index in [1.165, 1.54) is 5.56 Å². The molecule has 0 fully saturated rings. The molecular formula is C13H22N2. The van der Waals surface area contributed by atoms with E-state index in [4.69, 9.17) is 0 Å². The molecule has 0 N–H and O–H groups in total. The van der Waals surface area contributed by atoms with E-state index in [2.05, 4.69) is 57.8 Å². The Kier molecular flexibility index (Phi) is 3.48. The van der Waals surface area contributed by atoms with E-state index in [-0.39, 0.29) is 5.41 Å². The molecule has 0 saturated carbocycles. The van der Waals surface area contributed by atoms with Crippen LogP contribution in [0.2, 0.25) is 0 Å². The van der Waals surface area contributed by atoms with Gasteiger partial charge in [0.05, 0.1) is 5.69 Å². The molecular weight excluding hydrogens is 184 g/mol. The predicted octanol–water partition coefficient (Wildman–Crippen LogP) is 3.53. The molecule has 1 atom stereocenters. The Morgan fingerprint density at radius 2 is 1.73 bits per heavy atom. The average Bonchev–Trinajstić information content (AvgIpc) is 2.15. The van der Waals surface area contributed by atoms with Crippen LogP contribution in [0.1, 0.15) is 58.7 Å². The topological polar surface area (TPSA) is 25.8 Å². The Morgan fingerprint density at radius 1 is 1.13 bits per heavy atom. The molecule has 84 valence electrons. The second-order valence-electron chi connectivity index (χ2n) is 5.61. The van der Waals surface area contributed by atoms with Gasteiger partial charge in [0.2, 0.25) is 0 Å². The van der Waals surface area contributed by atoms with Crippen molar-refractivity contribution in [1.82, 2.24) is 10.2 Å². The largest absolute Gasteiger partial charge is 0.159 e. The second kappa shape index (κ2) is 4.30. The van der Waals surface area contributed by atoms with Crippen LogP contribution in [0.15, 0.2) is 12.3 Å². The highest BCUT2D eigenvalue weighted by Crippen LogP contribution is 2.31. The van der Waals surface area contributed by atoms with Gasteiger partial charge in [-0.25, -0.2) is 0 Å². The normalized spacial score (nSPS) is 14.3. The lowest BCUT2D eigenvalue weighted by Crippen LogP contribution is -2.19. The summed E-state index contributed by atoms with van der Waals surface area (Å²) in [5.41, 5.74) is 2.62. The molecule has 1 rings (SSSR count). The monoisotopic (exact) mass is 206 g/mol. The Morgan fingerprint density at radius 3 is 2.20 bits per heavy atom. The molecule has 1 aromatic heterocycles. The number of nitrogens with zero attached hydrogens (tertiary/aromatic N) is 2. The first-order chi connectivity index (χ1) is 6.84. The highest BCUT2D eigenvalue weighted by atomic mass is 15.1. The molecule has 2 heteroatoms. The highest BCUT2D eigenvalue weighted by molar-refractivity contribution is 5.28. The fourth-order valence-corrected chi connectivity index (χ4v) is 1.63. The van der Waals surface area contributed by atoms with Gasteiger partial charge in [-0.3, -0.25) is 0 Å². The van der Waals surface area contributed by atoms with E-state index in [0.29, 0.717) is 11.8 Å². The van der Waals surface area contributed by atoms with Crippen molar-refractivity contribution in [2.45, 2.75) is 52.9 Å². The summed E-state index contributed by atoms with van der Waals surface area (Å²) in [5.74, 6) is 1.07.